The molecule has 1 unspecified atom stereocenters. The van der Waals surface area contributed by atoms with Gasteiger partial charge in [0.25, 0.3) is 11.8 Å². The van der Waals surface area contributed by atoms with Gasteiger partial charge in [-0.05, 0) is 89.4 Å². The van der Waals surface area contributed by atoms with Gasteiger partial charge in [0.2, 0.25) is 0 Å². The quantitative estimate of drug-likeness (QED) is 0.634. The highest BCUT2D eigenvalue weighted by Crippen LogP contribution is 2.59. The molecule has 0 aromatic rings. The van der Waals surface area contributed by atoms with Crippen LogP contribution in [-0.4, -0.2) is 43.5 Å². The van der Waals surface area contributed by atoms with E-state index in [9.17, 15) is 9.59 Å². The van der Waals surface area contributed by atoms with Gasteiger partial charge in [-0.3, -0.25) is 9.59 Å². The Hall–Kier alpha value is -1.10. The topological polar surface area (TPSA) is 62.6 Å². The van der Waals surface area contributed by atoms with Crippen LogP contribution in [0.5, 0.6) is 0 Å². The number of rotatable bonds is 7. The molecule has 0 saturated heterocycles. The average molecular weight is 365 g/mol. The van der Waals surface area contributed by atoms with E-state index >= 15 is 0 Å². The number of nitrogens with one attached hydrogen (secondary N) is 3. The van der Waals surface area contributed by atoms with Crippen molar-refractivity contribution in [2.75, 3.05) is 26.2 Å². The average Bonchev–Trinajstić information content (AvgIpc) is 2.49. The summed E-state index contributed by atoms with van der Waals surface area (Å²) in [5.74, 6) is 2.86. The summed E-state index contributed by atoms with van der Waals surface area (Å²) >= 11 is 0. The molecule has 4 saturated carbocycles. The molecule has 4 aliphatic carbocycles. The first-order valence-corrected chi connectivity index (χ1v) is 10.6. The van der Waals surface area contributed by atoms with Gasteiger partial charge in [0.1, 0.15) is 0 Å². The summed E-state index contributed by atoms with van der Waals surface area (Å²) in [5.41, 5.74) is 0.150. The zero-order valence-electron chi connectivity index (χ0n) is 17.1. The van der Waals surface area contributed by atoms with Gasteiger partial charge in [0, 0.05) is 12.1 Å². The predicted molar refractivity (Wildman–Crippen MR) is 103 cm³/mol. The maximum Gasteiger partial charge on any atom is 0.275 e. The molecule has 2 amide bonds. The Balaban J connectivity index is 1.45. The highest BCUT2D eigenvalue weighted by atomic mass is 16.2. The number of carbonyl (C=O) groups is 2. The summed E-state index contributed by atoms with van der Waals surface area (Å²) in [6.07, 6.45) is 8.25. The minimum absolute atomic E-state index is 0.0169. The molecule has 0 radical (unpaired) electrons. The molecule has 4 fully saturated rings. The Morgan fingerprint density at radius 1 is 0.962 bits per heavy atom. The van der Waals surface area contributed by atoms with E-state index in [1.165, 1.54) is 38.5 Å². The summed E-state index contributed by atoms with van der Waals surface area (Å²) in [6.45, 7) is 10.4. The summed E-state index contributed by atoms with van der Waals surface area (Å²) < 4.78 is 0. The van der Waals surface area contributed by atoms with Crippen molar-refractivity contribution >= 4 is 11.8 Å². The van der Waals surface area contributed by atoms with E-state index in [1.807, 2.05) is 27.7 Å². The number of amides is 2. The van der Waals surface area contributed by atoms with E-state index in [0.717, 1.165) is 35.7 Å². The van der Waals surface area contributed by atoms with E-state index in [2.05, 4.69) is 10.6 Å². The molecule has 26 heavy (non-hydrogen) atoms. The first-order valence-electron chi connectivity index (χ1n) is 10.6. The maximum atomic E-state index is 12.5. The lowest BCUT2D eigenvalue weighted by atomic mass is 9.49. The van der Waals surface area contributed by atoms with Crippen molar-refractivity contribution in [2.24, 2.45) is 23.2 Å². The van der Waals surface area contributed by atoms with Gasteiger partial charge in [-0.15, -0.1) is 0 Å². The monoisotopic (exact) mass is 364 g/mol. The second-order valence-corrected chi connectivity index (χ2v) is 10.4. The SMILES string of the molecule is CC[NH+](CC(=O)NCC12CC3CC(CC(C3)C1)C2)CC(=O)NC(C)(C)C. The lowest BCUT2D eigenvalue weighted by Crippen LogP contribution is -3.14. The minimum atomic E-state index is -0.225. The molecule has 5 nitrogen and oxygen atoms in total. The highest BCUT2D eigenvalue weighted by molar-refractivity contribution is 5.79. The van der Waals surface area contributed by atoms with Crippen molar-refractivity contribution in [1.82, 2.24) is 10.6 Å². The summed E-state index contributed by atoms with van der Waals surface area (Å²) in [4.78, 5) is 25.7. The van der Waals surface area contributed by atoms with Crippen molar-refractivity contribution in [3.05, 3.63) is 0 Å². The second-order valence-electron chi connectivity index (χ2n) is 10.4. The van der Waals surface area contributed by atoms with E-state index in [4.69, 9.17) is 0 Å². The zero-order valence-corrected chi connectivity index (χ0v) is 17.1. The molecule has 4 aliphatic rings. The first kappa shape index (κ1) is 19.7. The molecule has 1 atom stereocenters. The van der Waals surface area contributed by atoms with E-state index in [-0.39, 0.29) is 17.4 Å². The number of carbonyl (C=O) groups excluding carboxylic acids is 2. The van der Waals surface area contributed by atoms with Gasteiger partial charge in [-0.1, -0.05) is 0 Å². The minimum Gasteiger partial charge on any atom is -0.351 e. The van der Waals surface area contributed by atoms with Crippen LogP contribution in [0.3, 0.4) is 0 Å². The molecule has 5 heteroatoms. The van der Waals surface area contributed by atoms with Crippen molar-refractivity contribution in [2.45, 2.75) is 71.8 Å². The molecule has 3 N–H and O–H groups in total. The van der Waals surface area contributed by atoms with Crippen molar-refractivity contribution in [1.29, 1.82) is 0 Å². The lowest BCUT2D eigenvalue weighted by molar-refractivity contribution is -0.881. The predicted octanol–water partition coefficient (Wildman–Crippen LogP) is 1.14. The molecule has 148 valence electrons. The number of quaternary nitrogens is 1. The van der Waals surface area contributed by atoms with Gasteiger partial charge in [0.15, 0.2) is 13.1 Å². The summed E-state index contributed by atoms with van der Waals surface area (Å²) in [7, 11) is 0. The fourth-order valence-corrected chi connectivity index (χ4v) is 6.08. The Morgan fingerprint density at radius 2 is 1.46 bits per heavy atom. The fourth-order valence-electron chi connectivity index (χ4n) is 6.08. The fraction of sp³-hybridized carbons (Fsp3) is 0.905. The van der Waals surface area contributed by atoms with Crippen molar-refractivity contribution in [3.8, 4) is 0 Å². The summed E-state index contributed by atoms with van der Waals surface area (Å²) in [6, 6.07) is 0. The zero-order chi connectivity index (χ0) is 18.9. The molecule has 0 aromatic heterocycles. The third-order valence-electron chi connectivity index (χ3n) is 6.66. The molecule has 4 rings (SSSR count). The smallest absolute Gasteiger partial charge is 0.275 e. The van der Waals surface area contributed by atoms with Crippen LogP contribution >= 0.6 is 0 Å². The highest BCUT2D eigenvalue weighted by Gasteiger charge is 2.50. The van der Waals surface area contributed by atoms with Crippen LogP contribution in [0.1, 0.15) is 66.2 Å². The van der Waals surface area contributed by atoms with Crippen molar-refractivity contribution < 1.29 is 14.5 Å². The van der Waals surface area contributed by atoms with E-state index in [0.29, 0.717) is 18.5 Å². The van der Waals surface area contributed by atoms with Crippen LogP contribution in [0.25, 0.3) is 0 Å². The van der Waals surface area contributed by atoms with Crippen LogP contribution in [0.2, 0.25) is 0 Å². The largest absolute Gasteiger partial charge is 0.351 e. The molecular weight excluding hydrogens is 326 g/mol. The Labute approximate surface area is 158 Å². The van der Waals surface area contributed by atoms with Gasteiger partial charge in [-0.2, -0.15) is 0 Å². The van der Waals surface area contributed by atoms with Gasteiger partial charge in [0.05, 0.1) is 6.54 Å². The number of hydrogen-bond donors (Lipinski definition) is 3. The number of hydrogen-bond acceptors (Lipinski definition) is 2. The van der Waals surface area contributed by atoms with E-state index in [1.54, 1.807) is 0 Å². The third-order valence-corrected chi connectivity index (χ3v) is 6.66. The second kappa shape index (κ2) is 7.49. The molecule has 0 heterocycles. The van der Waals surface area contributed by atoms with Gasteiger partial charge in [-0.25, -0.2) is 0 Å². The van der Waals surface area contributed by atoms with Crippen LogP contribution in [-0.2, 0) is 9.59 Å². The normalized spacial score (nSPS) is 33.8. The van der Waals surface area contributed by atoms with Crippen LogP contribution in [0.15, 0.2) is 0 Å². The lowest BCUT2D eigenvalue weighted by Gasteiger charge is -2.56. The van der Waals surface area contributed by atoms with Gasteiger partial charge >= 0.3 is 0 Å². The van der Waals surface area contributed by atoms with E-state index < -0.39 is 0 Å². The van der Waals surface area contributed by atoms with Crippen LogP contribution < -0.4 is 15.5 Å². The van der Waals surface area contributed by atoms with Crippen LogP contribution in [0.4, 0.5) is 0 Å². The molecule has 0 aliphatic heterocycles. The van der Waals surface area contributed by atoms with Crippen molar-refractivity contribution in [3.63, 3.8) is 0 Å². The molecule has 0 spiro atoms. The Bertz CT molecular complexity index is 503. The van der Waals surface area contributed by atoms with Crippen LogP contribution in [0, 0.1) is 23.2 Å². The summed E-state index contributed by atoms with van der Waals surface area (Å²) in [5, 5.41) is 6.22. The molecular formula is C21H38N3O2+. The van der Waals surface area contributed by atoms with Gasteiger partial charge < -0.3 is 15.5 Å². The standard InChI is InChI=1S/C21H37N3O2/c1-5-24(13-19(26)23-20(2,3)4)12-18(25)22-14-21-9-15-6-16(10-21)8-17(7-15)11-21/h15-17H,5-14H2,1-4H3,(H,22,25)(H,23,26)/p+1. The number of likely N-dealkylation sites (N-methyl/N-ethyl adjacent to an activating group) is 1. The molecule has 0 aromatic carbocycles. The molecule has 4 bridgehead atoms. The Morgan fingerprint density at radius 3 is 1.92 bits per heavy atom. The maximum absolute atomic E-state index is 12.5. The third kappa shape index (κ3) is 4.99. The Kier molecular flexibility index (Phi) is 5.66. The first-order chi connectivity index (χ1) is 12.2.